The number of ether oxygens (including phenoxy) is 1. The second-order valence-electron chi connectivity index (χ2n) is 8.33. The summed E-state index contributed by atoms with van der Waals surface area (Å²) in [5.41, 5.74) is 4.38. The van der Waals surface area contributed by atoms with E-state index in [2.05, 4.69) is 43.0 Å². The molecule has 2 heteroatoms. The van der Waals surface area contributed by atoms with Gasteiger partial charge in [-0.2, -0.15) is 0 Å². The quantitative estimate of drug-likeness (QED) is 0.469. The lowest BCUT2D eigenvalue weighted by Crippen LogP contribution is -2.27. The number of rotatable bonds is 8. The highest BCUT2D eigenvalue weighted by Gasteiger charge is 2.18. The van der Waals surface area contributed by atoms with E-state index in [4.69, 9.17) is 4.74 Å². The summed E-state index contributed by atoms with van der Waals surface area (Å²) in [4.78, 5) is 2.44. The summed E-state index contributed by atoms with van der Waals surface area (Å²) in [7, 11) is 0. The van der Waals surface area contributed by atoms with Crippen molar-refractivity contribution in [3.63, 3.8) is 0 Å². The van der Waals surface area contributed by atoms with E-state index in [1.54, 1.807) is 5.57 Å². The molecule has 0 aromatic heterocycles. The molecule has 1 aromatic rings. The van der Waals surface area contributed by atoms with Crippen molar-refractivity contribution < 1.29 is 4.74 Å². The summed E-state index contributed by atoms with van der Waals surface area (Å²) in [6.07, 6.45) is 13.4. The fourth-order valence-electron chi connectivity index (χ4n) is 4.75. The van der Waals surface area contributed by atoms with E-state index >= 15 is 0 Å². The highest BCUT2D eigenvalue weighted by Crippen LogP contribution is 2.35. The molecule has 2 aliphatic carbocycles. The number of allylic oxidation sites excluding steroid dienone is 1. The molecule has 0 saturated heterocycles. The van der Waals surface area contributed by atoms with E-state index in [1.807, 2.05) is 0 Å². The normalized spacial score (nSPS) is 18.7. The monoisotopic (exact) mass is 369 g/mol. The molecule has 1 aromatic carbocycles. The van der Waals surface area contributed by atoms with Crippen LogP contribution in [0.2, 0.25) is 0 Å². The summed E-state index contributed by atoms with van der Waals surface area (Å²) < 4.78 is 6.43. The number of nitrogens with zero attached hydrogens (tertiary/aromatic N) is 1. The first-order chi connectivity index (χ1) is 13.3. The van der Waals surface area contributed by atoms with Gasteiger partial charge in [0.25, 0.3) is 0 Å². The number of likely N-dealkylation sites (N-methyl/N-ethyl adjacent to an activating group) is 1. The smallest absolute Gasteiger partial charge is 0.125 e. The molecule has 0 heterocycles. The Bertz CT molecular complexity index is 571. The first-order valence-corrected chi connectivity index (χ1v) is 11.5. The van der Waals surface area contributed by atoms with Crippen LogP contribution in [-0.2, 0) is 4.74 Å². The molecular weight excluding hydrogens is 330 g/mol. The minimum Gasteiger partial charge on any atom is -0.492 e. The van der Waals surface area contributed by atoms with Crippen molar-refractivity contribution in [2.24, 2.45) is 0 Å². The molecule has 0 bridgehead atoms. The van der Waals surface area contributed by atoms with Gasteiger partial charge >= 0.3 is 0 Å². The third-order valence-corrected chi connectivity index (χ3v) is 6.58. The van der Waals surface area contributed by atoms with Gasteiger partial charge in [0.15, 0.2) is 0 Å². The van der Waals surface area contributed by atoms with Crippen molar-refractivity contribution in [2.75, 3.05) is 26.2 Å². The van der Waals surface area contributed by atoms with Crippen LogP contribution < -0.4 is 0 Å². The molecule has 2 nitrogen and oxygen atoms in total. The highest BCUT2D eigenvalue weighted by molar-refractivity contribution is 5.63. The molecule has 27 heavy (non-hydrogen) atoms. The molecule has 2 saturated carbocycles. The molecule has 0 N–H and O–H groups in total. The zero-order chi connectivity index (χ0) is 18.9. The predicted molar refractivity (Wildman–Crippen MR) is 116 cm³/mol. The van der Waals surface area contributed by atoms with E-state index in [0.717, 1.165) is 32.2 Å². The summed E-state index contributed by atoms with van der Waals surface area (Å²) in [6.45, 7) is 8.47. The van der Waals surface area contributed by atoms with Crippen LogP contribution in [0.1, 0.15) is 95.1 Å². The van der Waals surface area contributed by atoms with Gasteiger partial charge in [-0.05, 0) is 68.7 Å². The highest BCUT2D eigenvalue weighted by atomic mass is 16.5. The maximum absolute atomic E-state index is 6.43. The zero-order valence-electron chi connectivity index (χ0n) is 17.6. The molecule has 3 rings (SSSR count). The Morgan fingerprint density at radius 3 is 2.15 bits per heavy atom. The molecule has 0 aliphatic heterocycles. The second-order valence-corrected chi connectivity index (χ2v) is 8.33. The fourth-order valence-corrected chi connectivity index (χ4v) is 4.75. The average molecular weight is 370 g/mol. The lowest BCUT2D eigenvalue weighted by molar-refractivity contribution is 0.199. The van der Waals surface area contributed by atoms with Crippen molar-refractivity contribution in [3.8, 4) is 0 Å². The van der Waals surface area contributed by atoms with Gasteiger partial charge in [0.2, 0.25) is 0 Å². The summed E-state index contributed by atoms with van der Waals surface area (Å²) >= 11 is 0. The number of hydrogen-bond acceptors (Lipinski definition) is 2. The summed E-state index contributed by atoms with van der Waals surface area (Å²) in [5, 5.41) is 0. The Kier molecular flexibility index (Phi) is 8.26. The van der Waals surface area contributed by atoms with E-state index in [0.29, 0.717) is 0 Å². The average Bonchev–Trinajstić information content (AvgIpc) is 2.75. The van der Waals surface area contributed by atoms with Crippen molar-refractivity contribution >= 4 is 5.76 Å². The Morgan fingerprint density at radius 1 is 0.889 bits per heavy atom. The number of benzene rings is 1. The van der Waals surface area contributed by atoms with Gasteiger partial charge in [-0.3, -0.25) is 0 Å². The molecule has 0 unspecified atom stereocenters. The van der Waals surface area contributed by atoms with E-state index < -0.39 is 0 Å². The van der Waals surface area contributed by atoms with Crippen LogP contribution in [0.5, 0.6) is 0 Å². The third kappa shape index (κ3) is 5.85. The molecule has 0 spiro atoms. The van der Waals surface area contributed by atoms with Gasteiger partial charge in [-0.1, -0.05) is 63.8 Å². The molecule has 2 fully saturated rings. The van der Waals surface area contributed by atoms with Gasteiger partial charge in [0.1, 0.15) is 12.4 Å². The fraction of sp³-hybridized carbons (Fsp3) is 0.680. The first-order valence-electron chi connectivity index (χ1n) is 11.5. The number of hydrogen-bond donors (Lipinski definition) is 0. The van der Waals surface area contributed by atoms with E-state index in [-0.39, 0.29) is 0 Å². The standard InChI is InChI=1S/C25H39NO/c1-3-26(4-2)19-20-27-25(23-13-9-6-10-14-23)24-17-15-22(16-18-24)21-11-7-5-8-12-21/h15-18,21H,3-14,19-20H2,1-2H3. The molecule has 150 valence electrons. The Balaban J connectivity index is 1.71. The van der Waals surface area contributed by atoms with Crippen LogP contribution >= 0.6 is 0 Å². The van der Waals surface area contributed by atoms with Crippen LogP contribution in [0.3, 0.4) is 0 Å². The molecule has 0 radical (unpaired) electrons. The Labute approximate surface area is 167 Å². The van der Waals surface area contributed by atoms with E-state index in [1.165, 1.54) is 81.1 Å². The molecule has 2 aliphatic rings. The third-order valence-electron chi connectivity index (χ3n) is 6.58. The van der Waals surface area contributed by atoms with Gasteiger partial charge in [-0.25, -0.2) is 0 Å². The molecule has 0 amide bonds. The van der Waals surface area contributed by atoms with Gasteiger partial charge in [0.05, 0.1) is 0 Å². The molecule has 0 atom stereocenters. The van der Waals surface area contributed by atoms with Crippen LogP contribution in [0.4, 0.5) is 0 Å². The predicted octanol–water partition coefficient (Wildman–Crippen LogP) is 6.77. The summed E-state index contributed by atoms with van der Waals surface area (Å²) in [5.74, 6) is 1.97. The van der Waals surface area contributed by atoms with Gasteiger partial charge < -0.3 is 9.64 Å². The Hall–Kier alpha value is -1.28. The van der Waals surface area contributed by atoms with Crippen LogP contribution in [0.15, 0.2) is 29.8 Å². The minimum absolute atomic E-state index is 0.780. The van der Waals surface area contributed by atoms with Gasteiger partial charge in [-0.15, -0.1) is 0 Å². The van der Waals surface area contributed by atoms with Crippen LogP contribution in [0.25, 0.3) is 5.76 Å². The van der Waals surface area contributed by atoms with Crippen molar-refractivity contribution in [2.45, 2.75) is 84.0 Å². The first kappa shape index (κ1) is 20.5. The van der Waals surface area contributed by atoms with Crippen molar-refractivity contribution in [1.82, 2.24) is 4.90 Å². The maximum atomic E-state index is 6.43. The van der Waals surface area contributed by atoms with E-state index in [9.17, 15) is 0 Å². The SMILES string of the molecule is CCN(CC)CCOC(=C1CCCCC1)c1ccc(C2CCCCC2)cc1. The lowest BCUT2D eigenvalue weighted by atomic mass is 9.83. The van der Waals surface area contributed by atoms with Crippen molar-refractivity contribution in [3.05, 3.63) is 41.0 Å². The summed E-state index contributed by atoms with van der Waals surface area (Å²) in [6, 6.07) is 9.42. The zero-order valence-corrected chi connectivity index (χ0v) is 17.6. The van der Waals surface area contributed by atoms with Crippen LogP contribution in [-0.4, -0.2) is 31.1 Å². The Morgan fingerprint density at radius 2 is 1.52 bits per heavy atom. The minimum atomic E-state index is 0.780. The second kappa shape index (κ2) is 10.9. The van der Waals surface area contributed by atoms with Crippen molar-refractivity contribution in [1.29, 1.82) is 0 Å². The maximum Gasteiger partial charge on any atom is 0.125 e. The topological polar surface area (TPSA) is 12.5 Å². The van der Waals surface area contributed by atoms with Gasteiger partial charge in [0, 0.05) is 12.1 Å². The molecular formula is C25H39NO. The van der Waals surface area contributed by atoms with Crippen LogP contribution in [0, 0.1) is 0 Å². The lowest BCUT2D eigenvalue weighted by Gasteiger charge is -2.24. The largest absolute Gasteiger partial charge is 0.492 e.